The van der Waals surface area contributed by atoms with E-state index in [0.717, 1.165) is 25.7 Å². The van der Waals surface area contributed by atoms with Crippen LogP contribution < -0.4 is 0 Å². The molecule has 39 heavy (non-hydrogen) atoms. The van der Waals surface area contributed by atoms with Gasteiger partial charge in [0.25, 0.3) is 0 Å². The van der Waals surface area contributed by atoms with Crippen molar-refractivity contribution in [1.29, 1.82) is 0 Å². The lowest BCUT2D eigenvalue weighted by atomic mass is 10.0. The predicted octanol–water partition coefficient (Wildman–Crippen LogP) is 11.9. The van der Waals surface area contributed by atoms with Gasteiger partial charge in [-0.1, -0.05) is 168 Å². The van der Waals surface area contributed by atoms with Gasteiger partial charge in [0.05, 0.1) is 0 Å². The van der Waals surface area contributed by atoms with Crippen molar-refractivity contribution in [1.82, 2.24) is 0 Å². The van der Waals surface area contributed by atoms with E-state index in [2.05, 4.69) is 13.8 Å². The molecule has 232 valence electrons. The largest absolute Gasteiger partial charge is 0.360 e. The van der Waals surface area contributed by atoms with Crippen molar-refractivity contribution >= 4 is 11.6 Å². The molecule has 0 aliphatic rings. The van der Waals surface area contributed by atoms with E-state index < -0.39 is 12.2 Å². The minimum atomic E-state index is -0.465. The summed E-state index contributed by atoms with van der Waals surface area (Å²) in [5.41, 5.74) is 0. The Morgan fingerprint density at radius 3 is 0.821 bits per heavy atom. The van der Waals surface area contributed by atoms with Gasteiger partial charge in [-0.25, -0.2) is 0 Å². The minimum Gasteiger partial charge on any atom is -0.360 e. The molecule has 2 atom stereocenters. The van der Waals surface area contributed by atoms with Gasteiger partial charge >= 0.3 is 0 Å². The van der Waals surface area contributed by atoms with Gasteiger partial charge in [0.15, 0.2) is 11.6 Å². The lowest BCUT2D eigenvalue weighted by Crippen LogP contribution is -2.30. The molecule has 0 N–H and O–H groups in total. The van der Waals surface area contributed by atoms with Crippen LogP contribution in [0.25, 0.3) is 0 Å². The van der Waals surface area contributed by atoms with Crippen LogP contribution in [0.3, 0.4) is 0 Å². The lowest BCUT2D eigenvalue weighted by molar-refractivity contribution is -0.141. The van der Waals surface area contributed by atoms with E-state index in [9.17, 15) is 9.59 Å². The standard InChI is InChI=1S/C36H70O3/c1-5-7-9-11-13-15-17-19-21-23-25-27-29-31-35(37)33(3)39-34(4)36(38)32-30-28-26-24-22-20-18-16-14-12-10-8-6-2/h33-34H,5-32H2,1-4H3. The Balaban J connectivity index is 3.56. The van der Waals surface area contributed by atoms with Gasteiger partial charge in [0.1, 0.15) is 12.2 Å². The molecule has 3 heteroatoms. The molecular formula is C36H70O3. The van der Waals surface area contributed by atoms with E-state index >= 15 is 0 Å². The van der Waals surface area contributed by atoms with Crippen LogP contribution >= 0.6 is 0 Å². The summed E-state index contributed by atoms with van der Waals surface area (Å²) in [5, 5.41) is 0. The number of ether oxygens (including phenoxy) is 1. The molecule has 2 unspecified atom stereocenters. The molecule has 0 saturated carbocycles. The van der Waals surface area contributed by atoms with Crippen LogP contribution in [0.4, 0.5) is 0 Å². The first-order valence-electron chi connectivity index (χ1n) is 17.7. The zero-order valence-electron chi connectivity index (χ0n) is 27.2. The number of hydrogen-bond acceptors (Lipinski definition) is 3. The maximum Gasteiger partial charge on any atom is 0.161 e. The van der Waals surface area contributed by atoms with E-state index in [1.54, 1.807) is 0 Å². The smallest absolute Gasteiger partial charge is 0.161 e. The van der Waals surface area contributed by atoms with Crippen molar-refractivity contribution in [3.8, 4) is 0 Å². The van der Waals surface area contributed by atoms with Gasteiger partial charge in [-0.3, -0.25) is 9.59 Å². The molecule has 3 nitrogen and oxygen atoms in total. The summed E-state index contributed by atoms with van der Waals surface area (Å²) in [4.78, 5) is 24.9. The Labute approximate surface area is 245 Å². The number of rotatable bonds is 32. The summed E-state index contributed by atoms with van der Waals surface area (Å²) in [6, 6.07) is 0. The Bertz CT molecular complexity index is 483. The molecule has 0 aromatic heterocycles. The molecule has 0 fully saturated rings. The second kappa shape index (κ2) is 30.3. The number of ketones is 2. The van der Waals surface area contributed by atoms with Gasteiger partial charge in [-0.05, 0) is 26.7 Å². The summed E-state index contributed by atoms with van der Waals surface area (Å²) in [5.74, 6) is 0.303. The molecule has 0 spiro atoms. The summed E-state index contributed by atoms with van der Waals surface area (Å²) in [7, 11) is 0. The van der Waals surface area contributed by atoms with Crippen molar-refractivity contribution in [2.24, 2.45) is 0 Å². The highest BCUT2D eigenvalue weighted by Gasteiger charge is 2.20. The van der Waals surface area contributed by atoms with Crippen molar-refractivity contribution < 1.29 is 14.3 Å². The summed E-state index contributed by atoms with van der Waals surface area (Å²) >= 11 is 0. The van der Waals surface area contributed by atoms with Crippen LogP contribution in [0.2, 0.25) is 0 Å². The van der Waals surface area contributed by atoms with E-state index in [0.29, 0.717) is 12.8 Å². The Kier molecular flexibility index (Phi) is 29.7. The predicted molar refractivity (Wildman–Crippen MR) is 171 cm³/mol. The van der Waals surface area contributed by atoms with Crippen molar-refractivity contribution in [2.45, 2.75) is 220 Å². The Morgan fingerprint density at radius 1 is 0.385 bits per heavy atom. The third-order valence-electron chi connectivity index (χ3n) is 8.37. The van der Waals surface area contributed by atoms with E-state index in [-0.39, 0.29) is 11.6 Å². The molecule has 0 aliphatic carbocycles. The van der Waals surface area contributed by atoms with Crippen LogP contribution in [0.1, 0.15) is 207 Å². The third-order valence-corrected chi connectivity index (χ3v) is 8.37. The number of unbranched alkanes of at least 4 members (excludes halogenated alkanes) is 24. The van der Waals surface area contributed by atoms with E-state index in [1.807, 2.05) is 13.8 Å². The highest BCUT2D eigenvalue weighted by atomic mass is 16.5. The Hall–Kier alpha value is -0.700. The molecule has 0 saturated heterocycles. The van der Waals surface area contributed by atoms with Crippen LogP contribution in [-0.2, 0) is 14.3 Å². The highest BCUT2D eigenvalue weighted by molar-refractivity contribution is 5.85. The fraction of sp³-hybridized carbons (Fsp3) is 0.944. The second-order valence-corrected chi connectivity index (χ2v) is 12.3. The molecule has 0 radical (unpaired) electrons. The van der Waals surface area contributed by atoms with Crippen LogP contribution in [0, 0.1) is 0 Å². The number of carbonyl (C=O) groups excluding carboxylic acids is 2. The number of carbonyl (C=O) groups is 2. The normalized spacial score (nSPS) is 13.0. The van der Waals surface area contributed by atoms with Crippen molar-refractivity contribution in [3.63, 3.8) is 0 Å². The van der Waals surface area contributed by atoms with Crippen molar-refractivity contribution in [2.75, 3.05) is 0 Å². The zero-order valence-corrected chi connectivity index (χ0v) is 27.2. The van der Waals surface area contributed by atoms with Gasteiger partial charge in [-0.2, -0.15) is 0 Å². The van der Waals surface area contributed by atoms with Crippen LogP contribution in [0.5, 0.6) is 0 Å². The molecule has 0 amide bonds. The SMILES string of the molecule is CCCCCCCCCCCCCCCC(=O)C(C)OC(C)C(=O)CCCCCCCCCCCCCCC. The zero-order chi connectivity index (χ0) is 28.8. The molecule has 0 rings (SSSR count). The second-order valence-electron chi connectivity index (χ2n) is 12.3. The first kappa shape index (κ1) is 38.3. The van der Waals surface area contributed by atoms with E-state index in [4.69, 9.17) is 4.74 Å². The fourth-order valence-electron chi connectivity index (χ4n) is 5.50. The fourth-order valence-corrected chi connectivity index (χ4v) is 5.50. The highest BCUT2D eigenvalue weighted by Crippen LogP contribution is 2.16. The van der Waals surface area contributed by atoms with Gasteiger partial charge in [-0.15, -0.1) is 0 Å². The van der Waals surface area contributed by atoms with Gasteiger partial charge in [0, 0.05) is 12.8 Å². The van der Waals surface area contributed by atoms with Crippen LogP contribution in [0.15, 0.2) is 0 Å². The average molecular weight is 551 g/mol. The first-order valence-corrected chi connectivity index (χ1v) is 17.7. The average Bonchev–Trinajstić information content (AvgIpc) is 2.93. The molecular weight excluding hydrogens is 480 g/mol. The number of hydrogen-bond donors (Lipinski definition) is 0. The topological polar surface area (TPSA) is 43.4 Å². The molecule has 0 heterocycles. The van der Waals surface area contributed by atoms with Crippen molar-refractivity contribution in [3.05, 3.63) is 0 Å². The molecule has 0 bridgehead atoms. The quantitative estimate of drug-likeness (QED) is 0.0782. The monoisotopic (exact) mass is 551 g/mol. The number of Topliss-reactive ketones (excluding diaryl/α,β-unsaturated/α-hetero) is 2. The maximum atomic E-state index is 12.5. The Morgan fingerprint density at radius 2 is 0.590 bits per heavy atom. The minimum absolute atomic E-state index is 0.152. The third kappa shape index (κ3) is 27.2. The summed E-state index contributed by atoms with van der Waals surface area (Å²) in [6.07, 6.45) is 34.3. The van der Waals surface area contributed by atoms with Gasteiger partial charge in [0.2, 0.25) is 0 Å². The lowest BCUT2D eigenvalue weighted by Gasteiger charge is -2.17. The van der Waals surface area contributed by atoms with Gasteiger partial charge < -0.3 is 4.74 Å². The summed E-state index contributed by atoms with van der Waals surface area (Å²) in [6.45, 7) is 8.18. The van der Waals surface area contributed by atoms with Crippen LogP contribution in [-0.4, -0.2) is 23.8 Å². The van der Waals surface area contributed by atoms with E-state index in [1.165, 1.54) is 141 Å². The molecule has 0 aromatic carbocycles. The first-order chi connectivity index (χ1) is 19.0. The maximum absolute atomic E-state index is 12.5. The summed E-state index contributed by atoms with van der Waals surface area (Å²) < 4.78 is 5.80. The molecule has 0 aliphatic heterocycles. The molecule has 0 aromatic rings.